The van der Waals surface area contributed by atoms with E-state index < -0.39 is 0 Å². The van der Waals surface area contributed by atoms with Crippen molar-refractivity contribution < 1.29 is 0 Å². The third kappa shape index (κ3) is 3.51. The van der Waals surface area contributed by atoms with Crippen molar-refractivity contribution >= 4 is 5.69 Å². The van der Waals surface area contributed by atoms with Gasteiger partial charge in [-0.3, -0.25) is 4.68 Å². The molecule has 2 aromatic carbocycles. The summed E-state index contributed by atoms with van der Waals surface area (Å²) in [6, 6.07) is 18.8. The molecular weight excluding hydrogens is 258 g/mol. The Morgan fingerprint density at radius 3 is 2.48 bits per heavy atom. The molecule has 0 saturated carbocycles. The molecule has 0 spiro atoms. The molecule has 0 radical (unpaired) electrons. The zero-order valence-electron chi connectivity index (χ0n) is 12.2. The van der Waals surface area contributed by atoms with Crippen molar-refractivity contribution in [3.63, 3.8) is 0 Å². The smallest absolute Gasteiger partial charge is 0.0582 e. The van der Waals surface area contributed by atoms with Gasteiger partial charge in [-0.25, -0.2) is 0 Å². The zero-order valence-corrected chi connectivity index (χ0v) is 12.2. The molecule has 1 aromatic heterocycles. The van der Waals surface area contributed by atoms with Crippen LogP contribution in [0.15, 0.2) is 67.0 Å². The molecule has 1 N–H and O–H groups in total. The van der Waals surface area contributed by atoms with Crippen molar-refractivity contribution in [2.45, 2.75) is 13.5 Å². The number of benzene rings is 2. The molecule has 0 bridgehead atoms. The number of aryl methyl sites for hydroxylation is 1. The second-order valence-corrected chi connectivity index (χ2v) is 5.15. The minimum absolute atomic E-state index is 0.848. The first-order valence-electron chi connectivity index (χ1n) is 7.20. The average molecular weight is 277 g/mol. The predicted molar refractivity (Wildman–Crippen MR) is 87.3 cm³/mol. The van der Waals surface area contributed by atoms with Crippen LogP contribution in [0.4, 0.5) is 5.69 Å². The molecule has 0 atom stereocenters. The van der Waals surface area contributed by atoms with Gasteiger partial charge in [-0.15, -0.1) is 0 Å². The summed E-state index contributed by atoms with van der Waals surface area (Å²) in [4.78, 5) is 0. The summed E-state index contributed by atoms with van der Waals surface area (Å²) in [5.74, 6) is 0. The van der Waals surface area contributed by atoms with Gasteiger partial charge in [0.1, 0.15) is 0 Å². The molecular formula is C18H19N3. The molecule has 0 aliphatic carbocycles. The predicted octanol–water partition coefficient (Wildman–Crippen LogP) is 3.97. The van der Waals surface area contributed by atoms with Crippen molar-refractivity contribution in [3.8, 4) is 11.1 Å². The Bertz CT molecular complexity index is 684. The number of nitrogens with one attached hydrogen (secondary N) is 1. The number of hydrogen-bond donors (Lipinski definition) is 1. The summed E-state index contributed by atoms with van der Waals surface area (Å²) < 4.78 is 1.98. The fraction of sp³-hybridized carbons (Fsp3) is 0.167. The van der Waals surface area contributed by atoms with E-state index in [-0.39, 0.29) is 0 Å². The molecule has 3 heteroatoms. The van der Waals surface area contributed by atoms with Gasteiger partial charge in [-0.1, -0.05) is 48.0 Å². The number of aromatic nitrogens is 2. The lowest BCUT2D eigenvalue weighted by Gasteiger charge is -2.06. The molecule has 1 heterocycles. The third-order valence-corrected chi connectivity index (χ3v) is 3.46. The first-order valence-corrected chi connectivity index (χ1v) is 7.20. The lowest BCUT2D eigenvalue weighted by Crippen LogP contribution is -2.10. The molecule has 0 aliphatic rings. The molecule has 0 saturated heterocycles. The molecule has 3 nitrogen and oxygen atoms in total. The van der Waals surface area contributed by atoms with Gasteiger partial charge in [0, 0.05) is 24.0 Å². The van der Waals surface area contributed by atoms with Crippen LogP contribution >= 0.6 is 0 Å². The van der Waals surface area contributed by atoms with E-state index in [4.69, 9.17) is 0 Å². The first-order chi connectivity index (χ1) is 10.3. The number of anilines is 1. The second-order valence-electron chi connectivity index (χ2n) is 5.15. The normalized spacial score (nSPS) is 10.5. The van der Waals surface area contributed by atoms with Crippen molar-refractivity contribution in [1.29, 1.82) is 0 Å². The Kier molecular flexibility index (Phi) is 4.01. The largest absolute Gasteiger partial charge is 0.383 e. The highest BCUT2D eigenvalue weighted by molar-refractivity contribution is 5.61. The summed E-state index contributed by atoms with van der Waals surface area (Å²) in [6.45, 7) is 3.80. The Morgan fingerprint density at radius 2 is 1.71 bits per heavy atom. The molecule has 0 unspecified atom stereocenters. The highest BCUT2D eigenvalue weighted by Crippen LogP contribution is 2.17. The Labute approximate surface area is 125 Å². The van der Waals surface area contributed by atoms with E-state index in [1.54, 1.807) is 0 Å². The van der Waals surface area contributed by atoms with Crippen molar-refractivity contribution in [1.82, 2.24) is 9.78 Å². The number of nitrogens with zero attached hydrogens (tertiary/aromatic N) is 2. The lowest BCUT2D eigenvalue weighted by molar-refractivity contribution is 0.638. The maximum Gasteiger partial charge on any atom is 0.0582 e. The fourth-order valence-corrected chi connectivity index (χ4v) is 2.25. The van der Waals surface area contributed by atoms with Crippen LogP contribution in [0.1, 0.15) is 5.56 Å². The number of rotatable bonds is 5. The maximum absolute atomic E-state index is 4.41. The second kappa shape index (κ2) is 6.27. The van der Waals surface area contributed by atoms with Gasteiger partial charge in [0.2, 0.25) is 0 Å². The van der Waals surface area contributed by atoms with Gasteiger partial charge in [0.15, 0.2) is 0 Å². The summed E-state index contributed by atoms with van der Waals surface area (Å²) in [5, 5.41) is 7.82. The van der Waals surface area contributed by atoms with Crippen LogP contribution in [0.3, 0.4) is 0 Å². The van der Waals surface area contributed by atoms with Crippen LogP contribution < -0.4 is 5.32 Å². The van der Waals surface area contributed by atoms with Crippen LogP contribution in [0.5, 0.6) is 0 Å². The zero-order chi connectivity index (χ0) is 14.5. The molecule has 0 fully saturated rings. The quantitative estimate of drug-likeness (QED) is 0.764. The Balaban J connectivity index is 1.57. The van der Waals surface area contributed by atoms with Crippen LogP contribution in [-0.4, -0.2) is 16.3 Å². The SMILES string of the molecule is Cc1ccc(NCCn2cc(-c3ccccc3)cn2)cc1. The summed E-state index contributed by atoms with van der Waals surface area (Å²) >= 11 is 0. The summed E-state index contributed by atoms with van der Waals surface area (Å²) in [7, 11) is 0. The van der Waals surface area contributed by atoms with Crippen LogP contribution in [0.2, 0.25) is 0 Å². The molecule has 106 valence electrons. The number of hydrogen-bond acceptors (Lipinski definition) is 2. The molecule has 0 amide bonds. The monoisotopic (exact) mass is 277 g/mol. The van der Waals surface area contributed by atoms with Gasteiger partial charge in [-0.2, -0.15) is 5.10 Å². The van der Waals surface area contributed by atoms with E-state index in [0.717, 1.165) is 24.3 Å². The van der Waals surface area contributed by atoms with Crippen LogP contribution in [-0.2, 0) is 6.54 Å². The van der Waals surface area contributed by atoms with Gasteiger partial charge >= 0.3 is 0 Å². The standard InChI is InChI=1S/C18H19N3/c1-15-7-9-18(10-8-15)19-11-12-21-14-17(13-20-21)16-5-3-2-4-6-16/h2-10,13-14,19H,11-12H2,1H3. The van der Waals surface area contributed by atoms with Crippen LogP contribution in [0, 0.1) is 6.92 Å². The minimum Gasteiger partial charge on any atom is -0.383 e. The van der Waals surface area contributed by atoms with Gasteiger partial charge in [0.25, 0.3) is 0 Å². The molecule has 3 rings (SSSR count). The first kappa shape index (κ1) is 13.4. The van der Waals surface area contributed by atoms with E-state index in [0.29, 0.717) is 0 Å². The lowest BCUT2D eigenvalue weighted by atomic mass is 10.1. The van der Waals surface area contributed by atoms with Gasteiger partial charge in [-0.05, 0) is 24.6 Å². The average Bonchev–Trinajstić information content (AvgIpc) is 2.99. The molecule has 3 aromatic rings. The van der Waals surface area contributed by atoms with Crippen molar-refractivity contribution in [2.24, 2.45) is 0 Å². The van der Waals surface area contributed by atoms with E-state index in [9.17, 15) is 0 Å². The summed E-state index contributed by atoms with van der Waals surface area (Å²) in [5.41, 5.74) is 4.79. The van der Waals surface area contributed by atoms with E-state index in [1.165, 1.54) is 11.1 Å². The highest BCUT2D eigenvalue weighted by atomic mass is 15.3. The minimum atomic E-state index is 0.848. The van der Waals surface area contributed by atoms with E-state index >= 15 is 0 Å². The highest BCUT2D eigenvalue weighted by Gasteiger charge is 2.00. The van der Waals surface area contributed by atoms with Crippen molar-refractivity contribution in [3.05, 3.63) is 72.6 Å². The maximum atomic E-state index is 4.41. The van der Waals surface area contributed by atoms with E-state index in [2.05, 4.69) is 59.9 Å². The fourth-order valence-electron chi connectivity index (χ4n) is 2.25. The molecule has 21 heavy (non-hydrogen) atoms. The van der Waals surface area contributed by atoms with Crippen LogP contribution in [0.25, 0.3) is 11.1 Å². The van der Waals surface area contributed by atoms with Gasteiger partial charge in [0.05, 0.1) is 12.7 Å². The molecule has 0 aliphatic heterocycles. The van der Waals surface area contributed by atoms with E-state index in [1.807, 2.05) is 29.1 Å². The Morgan fingerprint density at radius 1 is 0.952 bits per heavy atom. The topological polar surface area (TPSA) is 29.9 Å². The third-order valence-electron chi connectivity index (χ3n) is 3.46. The van der Waals surface area contributed by atoms with Crippen molar-refractivity contribution in [2.75, 3.05) is 11.9 Å². The van der Waals surface area contributed by atoms with Gasteiger partial charge < -0.3 is 5.32 Å². The Hall–Kier alpha value is -2.55. The summed E-state index contributed by atoms with van der Waals surface area (Å²) in [6.07, 6.45) is 4.01.